The van der Waals surface area contributed by atoms with Crippen molar-refractivity contribution in [2.45, 2.75) is 47.4 Å². The second-order valence-electron chi connectivity index (χ2n) is 7.48. The van der Waals surface area contributed by atoms with E-state index in [0.717, 1.165) is 31.2 Å². The Kier molecular flexibility index (Phi) is 5.30. The number of sulfonamides is 2. The molecule has 8 heteroatoms. The van der Waals surface area contributed by atoms with Crippen molar-refractivity contribution >= 4 is 20.0 Å². The van der Waals surface area contributed by atoms with Gasteiger partial charge in [-0.25, -0.2) is 21.6 Å². The van der Waals surface area contributed by atoms with Gasteiger partial charge in [-0.2, -0.15) is 4.31 Å². The zero-order valence-electron chi connectivity index (χ0n) is 15.5. The first kappa shape index (κ1) is 19.6. The van der Waals surface area contributed by atoms with E-state index in [1.54, 1.807) is 0 Å². The smallest absolute Gasteiger partial charge is 0.208 e. The number of piperidine rings is 1. The van der Waals surface area contributed by atoms with Gasteiger partial charge < -0.3 is 0 Å². The Morgan fingerprint density at radius 3 is 2.11 bits per heavy atom. The predicted molar refractivity (Wildman–Crippen MR) is 107 cm³/mol. The summed E-state index contributed by atoms with van der Waals surface area (Å²) in [6.45, 7) is 0.921. The topological polar surface area (TPSA) is 83.5 Å². The quantitative estimate of drug-likeness (QED) is 0.779. The largest absolute Gasteiger partial charge is 0.243 e. The molecular formula is C20H24N2O4S2. The highest BCUT2D eigenvalue weighted by molar-refractivity contribution is 7.89. The third-order valence-electron chi connectivity index (χ3n) is 5.33. The predicted octanol–water partition coefficient (Wildman–Crippen LogP) is 2.70. The van der Waals surface area contributed by atoms with Crippen LogP contribution in [0.2, 0.25) is 0 Å². The lowest BCUT2D eigenvalue weighted by molar-refractivity contribution is 0.315. The lowest BCUT2D eigenvalue weighted by Crippen LogP contribution is -2.39. The molecule has 1 atom stereocenters. The molecule has 0 unspecified atom stereocenters. The van der Waals surface area contributed by atoms with Crippen molar-refractivity contribution in [1.82, 2.24) is 9.03 Å². The van der Waals surface area contributed by atoms with Crippen molar-refractivity contribution in [2.24, 2.45) is 0 Å². The molecule has 1 aliphatic carbocycles. The summed E-state index contributed by atoms with van der Waals surface area (Å²) in [5.74, 6) is 0.173. The highest BCUT2D eigenvalue weighted by Gasteiger charge is 2.32. The van der Waals surface area contributed by atoms with E-state index in [1.165, 1.54) is 28.6 Å². The van der Waals surface area contributed by atoms with E-state index in [-0.39, 0.29) is 21.8 Å². The van der Waals surface area contributed by atoms with Gasteiger partial charge >= 0.3 is 0 Å². The van der Waals surface area contributed by atoms with Crippen LogP contribution in [0.1, 0.15) is 37.2 Å². The lowest BCUT2D eigenvalue weighted by atomic mass is 9.92. The molecule has 28 heavy (non-hydrogen) atoms. The van der Waals surface area contributed by atoms with Gasteiger partial charge in [-0.1, -0.05) is 30.3 Å². The highest BCUT2D eigenvalue weighted by atomic mass is 32.2. The van der Waals surface area contributed by atoms with E-state index < -0.39 is 20.0 Å². The van der Waals surface area contributed by atoms with Gasteiger partial charge in [0.2, 0.25) is 20.0 Å². The molecule has 0 amide bonds. The minimum Gasteiger partial charge on any atom is -0.208 e. The fourth-order valence-corrected chi connectivity index (χ4v) is 6.42. The van der Waals surface area contributed by atoms with Crippen LogP contribution in [0.15, 0.2) is 64.4 Å². The normalized spacial score (nSPS) is 21.5. The third kappa shape index (κ3) is 4.15. The van der Waals surface area contributed by atoms with Crippen LogP contribution in [-0.4, -0.2) is 40.3 Å². The van der Waals surface area contributed by atoms with Crippen molar-refractivity contribution in [1.29, 1.82) is 0 Å². The molecule has 0 bridgehead atoms. The van der Waals surface area contributed by atoms with Crippen molar-refractivity contribution in [3.05, 3.63) is 60.2 Å². The number of nitrogens with zero attached hydrogens (tertiary/aromatic N) is 1. The maximum atomic E-state index is 13.1. The minimum absolute atomic E-state index is 0.0108. The summed E-state index contributed by atoms with van der Waals surface area (Å²) < 4.78 is 54.8. The van der Waals surface area contributed by atoms with E-state index in [9.17, 15) is 16.8 Å². The number of hydrogen-bond donors (Lipinski definition) is 1. The molecule has 4 rings (SSSR count). The van der Waals surface area contributed by atoms with Gasteiger partial charge in [0.15, 0.2) is 0 Å². The van der Waals surface area contributed by atoms with Crippen molar-refractivity contribution in [2.75, 3.05) is 13.1 Å². The van der Waals surface area contributed by atoms with Gasteiger partial charge in [0.1, 0.15) is 0 Å². The van der Waals surface area contributed by atoms with Crippen LogP contribution in [0.4, 0.5) is 0 Å². The van der Waals surface area contributed by atoms with E-state index in [1.807, 2.05) is 30.3 Å². The molecule has 1 aliphatic heterocycles. The summed E-state index contributed by atoms with van der Waals surface area (Å²) in [6.07, 6.45) is 3.46. The standard InChI is InChI=1S/C20H24N2O4S2/c23-27(24,21-18-8-9-18)19-10-12-20(13-11-19)28(25,26)22-14-4-7-17(15-22)16-5-2-1-3-6-16/h1-3,5-6,10-13,17-18,21H,4,7-9,14-15H2/t17-/m1/s1. The summed E-state index contributed by atoms with van der Waals surface area (Å²) in [7, 11) is -7.25. The SMILES string of the molecule is O=S(=O)(NC1CC1)c1ccc(S(=O)(=O)N2CCC[C@@H](c3ccccc3)C2)cc1. The molecular weight excluding hydrogens is 396 g/mol. The summed E-state index contributed by atoms with van der Waals surface area (Å²) in [5.41, 5.74) is 1.15. The Morgan fingerprint density at radius 1 is 0.821 bits per heavy atom. The zero-order chi connectivity index (χ0) is 19.8. The number of hydrogen-bond acceptors (Lipinski definition) is 4. The molecule has 2 aromatic rings. The van der Waals surface area contributed by atoms with E-state index in [2.05, 4.69) is 4.72 Å². The summed E-state index contributed by atoms with van der Waals surface area (Å²) >= 11 is 0. The molecule has 0 radical (unpaired) electrons. The fourth-order valence-electron chi connectivity index (χ4n) is 3.59. The Labute approximate surface area is 166 Å². The third-order valence-corrected chi connectivity index (χ3v) is 8.74. The monoisotopic (exact) mass is 420 g/mol. The molecule has 6 nitrogen and oxygen atoms in total. The molecule has 2 aliphatic rings. The van der Waals surface area contributed by atoms with Crippen molar-refractivity contribution in [3.8, 4) is 0 Å². The second kappa shape index (κ2) is 7.59. The zero-order valence-corrected chi connectivity index (χ0v) is 17.1. The summed E-state index contributed by atoms with van der Waals surface area (Å²) in [5, 5.41) is 0. The first-order valence-corrected chi connectivity index (χ1v) is 12.5. The lowest BCUT2D eigenvalue weighted by Gasteiger charge is -2.32. The molecule has 1 N–H and O–H groups in total. The van der Waals surface area contributed by atoms with Crippen molar-refractivity contribution < 1.29 is 16.8 Å². The van der Waals surface area contributed by atoms with Crippen LogP contribution in [0.3, 0.4) is 0 Å². The molecule has 150 valence electrons. The van der Waals surface area contributed by atoms with Crippen LogP contribution in [0.5, 0.6) is 0 Å². The Balaban J connectivity index is 1.52. The van der Waals surface area contributed by atoms with Gasteiger partial charge in [-0.15, -0.1) is 0 Å². The average molecular weight is 421 g/mol. The van der Waals surface area contributed by atoms with Gasteiger partial charge in [0, 0.05) is 19.1 Å². The molecule has 0 spiro atoms. The molecule has 0 aromatic heterocycles. The molecule has 2 aromatic carbocycles. The average Bonchev–Trinajstić information content (AvgIpc) is 3.52. The number of rotatable bonds is 6. The van der Waals surface area contributed by atoms with Crippen LogP contribution in [0, 0.1) is 0 Å². The van der Waals surface area contributed by atoms with Gasteiger partial charge in [-0.3, -0.25) is 0 Å². The van der Waals surface area contributed by atoms with Crippen LogP contribution in [-0.2, 0) is 20.0 Å². The maximum absolute atomic E-state index is 13.1. The highest BCUT2D eigenvalue weighted by Crippen LogP contribution is 2.30. The Bertz CT molecular complexity index is 1030. The molecule has 1 saturated carbocycles. The first-order chi connectivity index (χ1) is 13.4. The Hall–Kier alpha value is -1.74. The van der Waals surface area contributed by atoms with Crippen LogP contribution in [0.25, 0.3) is 0 Å². The van der Waals surface area contributed by atoms with Gasteiger partial charge in [0.05, 0.1) is 9.79 Å². The van der Waals surface area contributed by atoms with E-state index >= 15 is 0 Å². The number of nitrogens with one attached hydrogen (secondary N) is 1. The fraction of sp³-hybridized carbons (Fsp3) is 0.400. The molecule has 2 fully saturated rings. The maximum Gasteiger partial charge on any atom is 0.243 e. The molecule has 1 heterocycles. The van der Waals surface area contributed by atoms with Gasteiger partial charge in [0.25, 0.3) is 0 Å². The van der Waals surface area contributed by atoms with E-state index in [0.29, 0.717) is 13.1 Å². The summed E-state index contributed by atoms with van der Waals surface area (Å²) in [4.78, 5) is 0.228. The van der Waals surface area contributed by atoms with E-state index in [4.69, 9.17) is 0 Å². The first-order valence-electron chi connectivity index (χ1n) is 9.54. The van der Waals surface area contributed by atoms with Crippen molar-refractivity contribution in [3.63, 3.8) is 0 Å². The minimum atomic E-state index is -3.66. The van der Waals surface area contributed by atoms with Gasteiger partial charge in [-0.05, 0) is 61.4 Å². The molecule has 1 saturated heterocycles. The van der Waals surface area contributed by atoms with Crippen LogP contribution >= 0.6 is 0 Å². The Morgan fingerprint density at radius 2 is 1.46 bits per heavy atom. The second-order valence-corrected chi connectivity index (χ2v) is 11.1. The summed E-state index contributed by atoms with van der Waals surface area (Å²) in [6, 6.07) is 15.5. The number of benzene rings is 2. The van der Waals surface area contributed by atoms with Crippen LogP contribution < -0.4 is 4.72 Å².